The van der Waals surface area contributed by atoms with Crippen LogP contribution in [0, 0.1) is 5.82 Å². The van der Waals surface area contributed by atoms with E-state index in [4.69, 9.17) is 23.7 Å². The molecule has 2 heterocycles. The van der Waals surface area contributed by atoms with Gasteiger partial charge in [-0.3, -0.25) is 0 Å². The fraction of sp³-hybridized carbons (Fsp3) is 0.222. The van der Waals surface area contributed by atoms with Gasteiger partial charge in [-0.1, -0.05) is 12.1 Å². The van der Waals surface area contributed by atoms with Crippen molar-refractivity contribution in [1.29, 1.82) is 0 Å². The van der Waals surface area contributed by atoms with Crippen LogP contribution >= 0.6 is 11.7 Å². The lowest BCUT2D eigenvalue weighted by Crippen LogP contribution is -2.14. The molecule has 0 unspecified atom stereocenters. The molecule has 38 heavy (non-hydrogen) atoms. The van der Waals surface area contributed by atoms with Gasteiger partial charge in [0.2, 0.25) is 5.88 Å². The monoisotopic (exact) mass is 537 g/mol. The van der Waals surface area contributed by atoms with E-state index in [1.54, 1.807) is 25.1 Å². The van der Waals surface area contributed by atoms with Gasteiger partial charge in [0.1, 0.15) is 11.0 Å². The van der Waals surface area contributed by atoms with E-state index in [-0.39, 0.29) is 18.2 Å². The van der Waals surface area contributed by atoms with Crippen molar-refractivity contribution in [3.63, 3.8) is 0 Å². The van der Waals surface area contributed by atoms with Crippen molar-refractivity contribution in [2.45, 2.75) is 13.5 Å². The summed E-state index contributed by atoms with van der Waals surface area (Å²) in [6.07, 6.45) is -0.884. The van der Waals surface area contributed by atoms with Crippen LogP contribution in [0.1, 0.15) is 12.5 Å². The predicted octanol–water partition coefficient (Wildman–Crippen LogP) is 6.06. The van der Waals surface area contributed by atoms with Crippen LogP contribution in [0.15, 0.2) is 48.5 Å². The number of nitrogens with zero attached hydrogens (tertiary/aromatic N) is 3. The fourth-order valence-electron chi connectivity index (χ4n) is 4.35. The number of rotatable bonds is 8. The highest BCUT2D eigenvalue weighted by Crippen LogP contribution is 2.45. The minimum absolute atomic E-state index is 0.0924. The van der Waals surface area contributed by atoms with Gasteiger partial charge in [0.05, 0.1) is 57.3 Å². The van der Waals surface area contributed by atoms with Gasteiger partial charge in [0.15, 0.2) is 23.1 Å². The van der Waals surface area contributed by atoms with Crippen LogP contribution in [0.3, 0.4) is 0 Å². The minimum Gasteiger partial charge on any atom is -0.494 e. The number of aromatic nitrogens is 3. The fourth-order valence-corrected chi connectivity index (χ4v) is 4.87. The third-order valence-electron chi connectivity index (χ3n) is 6.06. The summed E-state index contributed by atoms with van der Waals surface area (Å²) in [5.41, 5.74) is 4.06. The number of ether oxygens (including phenoxy) is 5. The molecule has 0 amide bonds. The summed E-state index contributed by atoms with van der Waals surface area (Å²) in [4.78, 5) is 12.6. The Hall–Kier alpha value is -4.38. The smallest absolute Gasteiger partial charge is 0.494 e. The molecule has 0 fully saturated rings. The van der Waals surface area contributed by atoms with Gasteiger partial charge in [0.25, 0.3) is 0 Å². The Morgan fingerprint density at radius 1 is 0.921 bits per heavy atom. The Bertz CT molecular complexity index is 1650. The van der Waals surface area contributed by atoms with Crippen molar-refractivity contribution in [3.05, 3.63) is 59.9 Å². The molecule has 196 valence electrons. The first kappa shape index (κ1) is 25.3. The zero-order valence-electron chi connectivity index (χ0n) is 21.1. The van der Waals surface area contributed by atoms with Crippen molar-refractivity contribution in [1.82, 2.24) is 13.3 Å². The molecule has 0 atom stereocenters. The summed E-state index contributed by atoms with van der Waals surface area (Å²) in [5.74, 6) is 0.651. The van der Waals surface area contributed by atoms with Gasteiger partial charge in [-0.25, -0.2) is 9.18 Å². The highest BCUT2D eigenvalue weighted by atomic mass is 32.1. The molecule has 0 aliphatic heterocycles. The molecule has 0 bridgehead atoms. The first-order chi connectivity index (χ1) is 18.5. The Morgan fingerprint density at radius 2 is 1.66 bits per heavy atom. The molecule has 0 aliphatic carbocycles. The molecule has 0 radical (unpaired) electrons. The number of carbonyl (C=O) groups is 1. The van der Waals surface area contributed by atoms with Crippen molar-refractivity contribution >= 4 is 39.8 Å². The van der Waals surface area contributed by atoms with E-state index in [0.29, 0.717) is 40.1 Å². The van der Waals surface area contributed by atoms with E-state index in [9.17, 15) is 9.18 Å². The number of carbonyl (C=O) groups excluding carboxylic acids is 1. The van der Waals surface area contributed by atoms with Gasteiger partial charge >= 0.3 is 6.16 Å². The van der Waals surface area contributed by atoms with Crippen LogP contribution in [0.25, 0.3) is 33.1 Å². The van der Waals surface area contributed by atoms with E-state index in [1.165, 1.54) is 33.5 Å². The third-order valence-corrected chi connectivity index (χ3v) is 6.62. The van der Waals surface area contributed by atoms with Crippen molar-refractivity contribution in [2.75, 3.05) is 27.9 Å². The van der Waals surface area contributed by atoms with Crippen LogP contribution in [-0.2, 0) is 11.3 Å². The summed E-state index contributed by atoms with van der Waals surface area (Å²) >= 11 is 1.13. The quantitative estimate of drug-likeness (QED) is 0.221. The van der Waals surface area contributed by atoms with Crippen LogP contribution < -0.4 is 18.9 Å². The second kappa shape index (κ2) is 10.5. The topological polar surface area (TPSA) is 93.9 Å². The summed E-state index contributed by atoms with van der Waals surface area (Å²) in [7, 11) is 4.46. The van der Waals surface area contributed by atoms with Gasteiger partial charge in [-0.15, -0.1) is 0 Å². The maximum Gasteiger partial charge on any atom is 0.515 e. The summed E-state index contributed by atoms with van der Waals surface area (Å²) in [6, 6.07) is 13.8. The second-order valence-electron chi connectivity index (χ2n) is 8.21. The van der Waals surface area contributed by atoms with E-state index < -0.39 is 12.0 Å². The van der Waals surface area contributed by atoms with Crippen LogP contribution in [0.4, 0.5) is 9.18 Å². The Labute approximate surface area is 221 Å². The number of hydrogen-bond donors (Lipinski definition) is 0. The first-order valence-electron chi connectivity index (χ1n) is 11.6. The van der Waals surface area contributed by atoms with Gasteiger partial charge in [-0.2, -0.15) is 8.75 Å². The van der Waals surface area contributed by atoms with Gasteiger partial charge in [0, 0.05) is 11.5 Å². The predicted molar refractivity (Wildman–Crippen MR) is 141 cm³/mol. The summed E-state index contributed by atoms with van der Waals surface area (Å²) in [6.45, 7) is 2.11. The number of fused-ring (bicyclic) bond motifs is 2. The van der Waals surface area contributed by atoms with E-state index in [1.807, 2.05) is 22.8 Å². The number of benzene rings is 3. The zero-order valence-corrected chi connectivity index (χ0v) is 21.9. The van der Waals surface area contributed by atoms with Crippen LogP contribution in [0.2, 0.25) is 0 Å². The summed E-state index contributed by atoms with van der Waals surface area (Å²) < 4.78 is 52.4. The van der Waals surface area contributed by atoms with Gasteiger partial charge < -0.3 is 28.3 Å². The van der Waals surface area contributed by atoms with Gasteiger partial charge in [-0.05, 0) is 48.4 Å². The number of hydrogen-bond acceptors (Lipinski definition) is 9. The molecule has 2 aromatic heterocycles. The lowest BCUT2D eigenvalue weighted by Gasteiger charge is -2.13. The van der Waals surface area contributed by atoms with Crippen LogP contribution in [0.5, 0.6) is 23.1 Å². The largest absolute Gasteiger partial charge is 0.515 e. The maximum atomic E-state index is 14.9. The first-order valence-corrected chi connectivity index (χ1v) is 12.4. The normalized spacial score (nSPS) is 11.1. The summed E-state index contributed by atoms with van der Waals surface area (Å²) in [5, 5.41) is 0.655. The molecule has 0 spiro atoms. The average molecular weight is 538 g/mol. The highest BCUT2D eigenvalue weighted by molar-refractivity contribution is 7.00. The molecule has 5 aromatic rings. The van der Waals surface area contributed by atoms with Crippen LogP contribution in [-0.4, -0.2) is 47.4 Å². The van der Waals surface area contributed by atoms with E-state index in [2.05, 4.69) is 8.75 Å². The van der Waals surface area contributed by atoms with E-state index >= 15 is 0 Å². The number of methoxy groups -OCH3 is 3. The zero-order chi connectivity index (χ0) is 26.8. The SMILES string of the molecule is CCOC(=O)Oc1c(-c2ccc(OC)c(F)c2)c2cc(OC)c(OC)cc2n1Cc1ccc2nsnc2c1. The lowest BCUT2D eigenvalue weighted by atomic mass is 10.0. The molecule has 0 N–H and O–H groups in total. The molecular weight excluding hydrogens is 513 g/mol. The Balaban J connectivity index is 1.80. The molecule has 0 saturated carbocycles. The third kappa shape index (κ3) is 4.56. The highest BCUT2D eigenvalue weighted by Gasteiger charge is 2.26. The van der Waals surface area contributed by atoms with Crippen molar-refractivity contribution in [2.24, 2.45) is 0 Å². The molecule has 0 saturated heterocycles. The standard InChI is InChI=1S/C27H24FN3O6S/c1-5-36-27(32)37-26-25(16-7-9-22(33-2)18(28)11-16)17-12-23(34-3)24(35-4)13-21(17)31(26)14-15-6-8-19-20(10-15)30-38-29-19/h6-13H,5,14H2,1-4H3. The molecule has 5 rings (SSSR count). The number of halogens is 1. The molecule has 0 aliphatic rings. The minimum atomic E-state index is -0.884. The maximum absolute atomic E-state index is 14.9. The van der Waals surface area contributed by atoms with Crippen molar-refractivity contribution < 1.29 is 32.9 Å². The average Bonchev–Trinajstić information content (AvgIpc) is 3.50. The molecular formula is C27H24FN3O6S. The second-order valence-corrected chi connectivity index (χ2v) is 8.74. The Morgan fingerprint density at radius 3 is 2.37 bits per heavy atom. The molecule has 9 nitrogen and oxygen atoms in total. The van der Waals surface area contributed by atoms with E-state index in [0.717, 1.165) is 28.3 Å². The molecule has 3 aromatic carbocycles. The van der Waals surface area contributed by atoms with Crippen molar-refractivity contribution in [3.8, 4) is 34.3 Å². The Kier molecular flexibility index (Phi) is 7.01. The lowest BCUT2D eigenvalue weighted by molar-refractivity contribution is 0.101. The molecule has 11 heteroatoms.